The van der Waals surface area contributed by atoms with Crippen LogP contribution in [-0.2, 0) is 13.6 Å². The summed E-state index contributed by atoms with van der Waals surface area (Å²) in [6, 6.07) is 0. The summed E-state index contributed by atoms with van der Waals surface area (Å²) in [4.78, 5) is 0. The Labute approximate surface area is 80.6 Å². The van der Waals surface area contributed by atoms with Gasteiger partial charge in [-0.05, 0) is 12.8 Å². The monoisotopic (exact) mass is 188 g/mol. The molecule has 12 heavy (non-hydrogen) atoms. The van der Waals surface area contributed by atoms with E-state index in [9.17, 15) is 0 Å². The Kier molecular flexibility index (Phi) is 5.81. The Morgan fingerprint density at radius 3 is 2.58 bits per heavy atom. The van der Waals surface area contributed by atoms with Crippen LogP contribution < -0.4 is 17.0 Å². The largest absolute Gasteiger partial charge is 1.00 e. The first-order chi connectivity index (χ1) is 5.33. The highest BCUT2D eigenvalue weighted by Gasteiger charge is 1.97. The van der Waals surface area contributed by atoms with Gasteiger partial charge in [0.1, 0.15) is 12.4 Å². The normalized spacial score (nSPS) is 9.50. The minimum Gasteiger partial charge on any atom is -1.00 e. The molecule has 0 fully saturated rings. The lowest BCUT2D eigenvalue weighted by Crippen LogP contribution is -3.00. The molecular formula is C9H17ClN2. The van der Waals surface area contributed by atoms with Gasteiger partial charge in [0.25, 0.3) is 0 Å². The zero-order valence-corrected chi connectivity index (χ0v) is 8.59. The first-order valence-electron chi connectivity index (χ1n) is 4.34. The third-order valence-corrected chi connectivity index (χ3v) is 1.84. The Morgan fingerprint density at radius 2 is 2.08 bits per heavy atom. The topological polar surface area (TPSA) is 8.81 Å². The van der Waals surface area contributed by atoms with Crippen LogP contribution in [0.2, 0.25) is 0 Å². The molecule has 0 amide bonds. The number of rotatable bonds is 4. The standard InChI is InChI=1S/C9H17N2.ClH/c1-3-4-5-6-11-8-7-10(2)9-11;/h7-9H,3-6H2,1-2H3;1H/q+1;/p-1. The molecule has 0 aliphatic carbocycles. The minimum absolute atomic E-state index is 0. The number of hydrogen-bond donors (Lipinski definition) is 0. The molecule has 1 aromatic heterocycles. The average molecular weight is 189 g/mol. The average Bonchev–Trinajstić information content (AvgIpc) is 2.37. The molecule has 0 saturated carbocycles. The van der Waals surface area contributed by atoms with Crippen LogP contribution in [0.4, 0.5) is 0 Å². The summed E-state index contributed by atoms with van der Waals surface area (Å²) in [6.45, 7) is 3.39. The van der Waals surface area contributed by atoms with Crippen molar-refractivity contribution in [3.05, 3.63) is 18.7 Å². The molecule has 0 unspecified atom stereocenters. The third-order valence-electron chi connectivity index (χ3n) is 1.84. The van der Waals surface area contributed by atoms with Gasteiger partial charge in [-0.3, -0.25) is 0 Å². The first-order valence-corrected chi connectivity index (χ1v) is 4.34. The number of unbranched alkanes of at least 4 members (excludes halogenated alkanes) is 2. The maximum atomic E-state index is 2.23. The molecule has 0 radical (unpaired) electrons. The predicted octanol–water partition coefficient (Wildman–Crippen LogP) is -1.49. The molecular weight excluding hydrogens is 172 g/mol. The van der Waals surface area contributed by atoms with Gasteiger partial charge in [-0.25, -0.2) is 9.13 Å². The summed E-state index contributed by atoms with van der Waals surface area (Å²) in [5.41, 5.74) is 0. The van der Waals surface area contributed by atoms with Crippen LogP contribution in [0.15, 0.2) is 18.7 Å². The van der Waals surface area contributed by atoms with E-state index in [1.165, 1.54) is 19.3 Å². The number of hydrogen-bond acceptors (Lipinski definition) is 0. The fraction of sp³-hybridized carbons (Fsp3) is 0.667. The second-order valence-electron chi connectivity index (χ2n) is 3.02. The molecule has 0 aliphatic rings. The van der Waals surface area contributed by atoms with E-state index in [0.29, 0.717) is 0 Å². The smallest absolute Gasteiger partial charge is 0.243 e. The molecule has 0 aliphatic heterocycles. The molecule has 1 heterocycles. The number of nitrogens with zero attached hydrogens (tertiary/aromatic N) is 2. The summed E-state index contributed by atoms with van der Waals surface area (Å²) in [7, 11) is 2.05. The van der Waals surface area contributed by atoms with Gasteiger partial charge in [-0.1, -0.05) is 13.3 Å². The van der Waals surface area contributed by atoms with Gasteiger partial charge in [0.05, 0.1) is 13.6 Å². The van der Waals surface area contributed by atoms with Gasteiger partial charge in [-0.2, -0.15) is 0 Å². The summed E-state index contributed by atoms with van der Waals surface area (Å²) in [6.07, 6.45) is 10.2. The Bertz CT molecular complexity index is 208. The maximum absolute atomic E-state index is 2.23. The van der Waals surface area contributed by atoms with E-state index in [4.69, 9.17) is 0 Å². The highest BCUT2D eigenvalue weighted by atomic mass is 35.5. The molecule has 0 N–H and O–H groups in total. The fourth-order valence-corrected chi connectivity index (χ4v) is 1.18. The van der Waals surface area contributed by atoms with Crippen molar-refractivity contribution in [1.82, 2.24) is 4.57 Å². The van der Waals surface area contributed by atoms with Gasteiger partial charge in [0, 0.05) is 0 Å². The van der Waals surface area contributed by atoms with Crippen LogP contribution in [0.25, 0.3) is 0 Å². The Hall–Kier alpha value is -0.500. The zero-order chi connectivity index (χ0) is 8.10. The van der Waals surface area contributed by atoms with Crippen molar-refractivity contribution in [3.8, 4) is 0 Å². The lowest BCUT2D eigenvalue weighted by molar-refractivity contribution is -0.671. The van der Waals surface area contributed by atoms with Crippen LogP contribution in [0, 0.1) is 0 Å². The molecule has 0 bridgehead atoms. The molecule has 0 atom stereocenters. The van der Waals surface area contributed by atoms with E-state index < -0.39 is 0 Å². The van der Waals surface area contributed by atoms with Gasteiger partial charge in [0.2, 0.25) is 6.33 Å². The number of halogens is 1. The highest BCUT2D eigenvalue weighted by molar-refractivity contribution is 4.65. The summed E-state index contributed by atoms with van der Waals surface area (Å²) >= 11 is 0. The fourth-order valence-electron chi connectivity index (χ4n) is 1.18. The van der Waals surface area contributed by atoms with E-state index in [-0.39, 0.29) is 12.4 Å². The van der Waals surface area contributed by atoms with E-state index in [2.05, 4.69) is 41.8 Å². The minimum atomic E-state index is 0. The lowest BCUT2D eigenvalue weighted by atomic mass is 10.2. The molecule has 3 heteroatoms. The lowest BCUT2D eigenvalue weighted by Gasteiger charge is -1.93. The summed E-state index contributed by atoms with van der Waals surface area (Å²) in [5, 5.41) is 0. The van der Waals surface area contributed by atoms with Crippen LogP contribution in [-0.4, -0.2) is 4.57 Å². The number of aromatic nitrogens is 2. The molecule has 0 aromatic carbocycles. The third kappa shape index (κ3) is 3.77. The Balaban J connectivity index is 0.00000121. The van der Waals surface area contributed by atoms with Gasteiger partial charge in [-0.15, -0.1) is 0 Å². The summed E-state index contributed by atoms with van der Waals surface area (Å²) in [5.74, 6) is 0. The van der Waals surface area contributed by atoms with Crippen molar-refractivity contribution >= 4 is 0 Å². The Morgan fingerprint density at radius 1 is 1.33 bits per heavy atom. The van der Waals surface area contributed by atoms with Crippen LogP contribution >= 0.6 is 0 Å². The van der Waals surface area contributed by atoms with Gasteiger partial charge in [0.15, 0.2) is 0 Å². The number of imidazole rings is 1. The van der Waals surface area contributed by atoms with Crippen LogP contribution in [0.3, 0.4) is 0 Å². The van der Waals surface area contributed by atoms with Gasteiger partial charge < -0.3 is 12.4 Å². The van der Waals surface area contributed by atoms with E-state index in [1.54, 1.807) is 0 Å². The van der Waals surface area contributed by atoms with E-state index in [0.717, 1.165) is 6.54 Å². The maximum Gasteiger partial charge on any atom is 0.243 e. The van der Waals surface area contributed by atoms with Crippen molar-refractivity contribution in [2.24, 2.45) is 7.05 Å². The van der Waals surface area contributed by atoms with E-state index in [1.807, 2.05) is 0 Å². The predicted molar refractivity (Wildman–Crippen MR) is 45.1 cm³/mol. The van der Waals surface area contributed by atoms with Crippen molar-refractivity contribution in [3.63, 3.8) is 0 Å². The molecule has 0 spiro atoms. The zero-order valence-electron chi connectivity index (χ0n) is 7.83. The molecule has 1 rings (SSSR count). The van der Waals surface area contributed by atoms with Crippen LogP contribution in [0.5, 0.6) is 0 Å². The van der Waals surface area contributed by atoms with Crippen LogP contribution in [0.1, 0.15) is 26.2 Å². The second kappa shape index (κ2) is 6.06. The molecule has 2 nitrogen and oxygen atoms in total. The van der Waals surface area contributed by atoms with Crippen molar-refractivity contribution in [2.45, 2.75) is 32.7 Å². The summed E-state index contributed by atoms with van der Waals surface area (Å²) < 4.78 is 4.31. The van der Waals surface area contributed by atoms with Gasteiger partial charge >= 0.3 is 0 Å². The molecule has 70 valence electrons. The molecule has 0 saturated heterocycles. The van der Waals surface area contributed by atoms with E-state index >= 15 is 0 Å². The van der Waals surface area contributed by atoms with Crippen molar-refractivity contribution in [1.29, 1.82) is 0 Å². The molecule has 1 aromatic rings. The SMILES string of the molecule is CCCCCn1cc[n+](C)c1.[Cl-]. The highest BCUT2D eigenvalue weighted by Crippen LogP contribution is 1.96. The number of aryl methyl sites for hydroxylation is 2. The quantitative estimate of drug-likeness (QED) is 0.402. The van der Waals surface area contributed by atoms with Crippen molar-refractivity contribution < 1.29 is 17.0 Å². The first kappa shape index (κ1) is 11.5. The second-order valence-corrected chi connectivity index (χ2v) is 3.02. The van der Waals surface area contributed by atoms with Crippen molar-refractivity contribution in [2.75, 3.05) is 0 Å².